The number of hydrogen-bond acceptors (Lipinski definition) is 5. The Morgan fingerprint density at radius 1 is 1.52 bits per heavy atom. The fourth-order valence-electron chi connectivity index (χ4n) is 2.61. The zero-order chi connectivity index (χ0) is 14.6. The van der Waals surface area contributed by atoms with Crippen LogP contribution in [0.25, 0.3) is 6.08 Å². The van der Waals surface area contributed by atoms with Crippen molar-refractivity contribution in [2.24, 2.45) is 0 Å². The van der Waals surface area contributed by atoms with Crippen LogP contribution in [0, 0.1) is 0 Å². The molecule has 0 radical (unpaired) electrons. The summed E-state index contributed by atoms with van der Waals surface area (Å²) in [6.45, 7) is 0.944. The molecule has 1 atom stereocenters. The van der Waals surface area contributed by atoms with Crippen molar-refractivity contribution in [3.05, 3.63) is 34.4 Å². The molecule has 0 aromatic carbocycles. The highest BCUT2D eigenvalue weighted by molar-refractivity contribution is 8.03. The fraction of sp³-hybridized carbons (Fsp3) is 0.308. The first-order valence-electron chi connectivity index (χ1n) is 6.43. The molecule has 6 nitrogen and oxygen atoms in total. The van der Waals surface area contributed by atoms with E-state index in [4.69, 9.17) is 5.11 Å². The number of aryl methyl sites for hydroxylation is 1. The second kappa shape index (κ2) is 4.67. The molecule has 1 amide bonds. The molecule has 1 N–H and O–H groups in total. The molecule has 0 spiro atoms. The quantitative estimate of drug-likeness (QED) is 0.655. The lowest BCUT2D eigenvalue weighted by Crippen LogP contribution is -2.51. The first-order chi connectivity index (χ1) is 10.1. The summed E-state index contributed by atoms with van der Waals surface area (Å²) in [5.74, 6) is 1.71. The predicted molar refractivity (Wildman–Crippen MR) is 80.3 cm³/mol. The number of rotatable bonds is 2. The Labute approximate surface area is 128 Å². The van der Waals surface area contributed by atoms with E-state index in [2.05, 4.69) is 9.55 Å². The van der Waals surface area contributed by atoms with Crippen LogP contribution in [0.15, 0.2) is 22.9 Å². The largest absolute Gasteiger partial charge is 0.477 e. The molecule has 3 aliphatic heterocycles. The standard InChI is InChI=1S/C13H11N3O3S2/c17-11-8(12-16(11)9(5-21-12)13(18)19)3-7-4-15-1-2-20-6-10(15)14-7/h3-5,12H,1-2,6H2,(H,18,19)/t12-/m1/s1. The number of amides is 1. The average molecular weight is 321 g/mol. The van der Waals surface area contributed by atoms with E-state index in [0.717, 1.165) is 29.6 Å². The predicted octanol–water partition coefficient (Wildman–Crippen LogP) is 1.35. The third-order valence-electron chi connectivity index (χ3n) is 3.64. The van der Waals surface area contributed by atoms with Gasteiger partial charge in [-0.1, -0.05) is 0 Å². The van der Waals surface area contributed by atoms with Gasteiger partial charge in [0.15, 0.2) is 0 Å². The Morgan fingerprint density at radius 3 is 3.14 bits per heavy atom. The lowest BCUT2D eigenvalue weighted by atomic mass is 10.0. The summed E-state index contributed by atoms with van der Waals surface area (Å²) in [5, 5.41) is 10.3. The van der Waals surface area contributed by atoms with Gasteiger partial charge >= 0.3 is 5.97 Å². The van der Waals surface area contributed by atoms with Crippen molar-refractivity contribution in [2.45, 2.75) is 17.7 Å². The minimum Gasteiger partial charge on any atom is -0.477 e. The van der Waals surface area contributed by atoms with Gasteiger partial charge in [0.2, 0.25) is 0 Å². The monoisotopic (exact) mass is 321 g/mol. The van der Waals surface area contributed by atoms with Crippen molar-refractivity contribution in [1.29, 1.82) is 0 Å². The van der Waals surface area contributed by atoms with Crippen LogP contribution in [0.5, 0.6) is 0 Å². The number of carbonyl (C=O) groups is 2. The highest BCUT2D eigenvalue weighted by Gasteiger charge is 2.49. The number of aromatic nitrogens is 2. The van der Waals surface area contributed by atoms with Gasteiger partial charge in [-0.2, -0.15) is 11.8 Å². The molecule has 1 fully saturated rings. The number of aliphatic carboxylic acids is 1. The molecule has 1 aromatic rings. The molecule has 0 aliphatic carbocycles. The number of fused-ring (bicyclic) bond motifs is 2. The number of hydrogen-bond donors (Lipinski definition) is 1. The van der Waals surface area contributed by atoms with E-state index < -0.39 is 5.97 Å². The number of carboxylic acids is 1. The van der Waals surface area contributed by atoms with Crippen LogP contribution in [0.2, 0.25) is 0 Å². The Morgan fingerprint density at radius 2 is 2.38 bits per heavy atom. The summed E-state index contributed by atoms with van der Waals surface area (Å²) in [6, 6.07) is 0. The van der Waals surface area contributed by atoms with Crippen LogP contribution >= 0.6 is 23.5 Å². The number of nitrogens with zero attached hydrogens (tertiary/aromatic N) is 3. The van der Waals surface area contributed by atoms with Crippen LogP contribution in [-0.2, 0) is 21.9 Å². The van der Waals surface area contributed by atoms with Crippen molar-refractivity contribution in [3.8, 4) is 0 Å². The zero-order valence-electron chi connectivity index (χ0n) is 10.9. The van der Waals surface area contributed by atoms with Crippen LogP contribution in [0.1, 0.15) is 11.5 Å². The molecule has 4 heterocycles. The Kier molecular flexibility index (Phi) is 2.90. The summed E-state index contributed by atoms with van der Waals surface area (Å²) in [5.41, 5.74) is 1.46. The van der Waals surface area contributed by atoms with Gasteiger partial charge in [0.1, 0.15) is 16.9 Å². The lowest BCUT2D eigenvalue weighted by molar-refractivity contribution is -0.141. The van der Waals surface area contributed by atoms with Crippen molar-refractivity contribution < 1.29 is 14.7 Å². The first-order valence-corrected chi connectivity index (χ1v) is 8.53. The third kappa shape index (κ3) is 1.93. The van der Waals surface area contributed by atoms with E-state index in [1.54, 1.807) is 6.08 Å². The molecule has 4 rings (SSSR count). The van der Waals surface area contributed by atoms with Crippen molar-refractivity contribution in [2.75, 3.05) is 5.75 Å². The molecule has 21 heavy (non-hydrogen) atoms. The normalized spacial score (nSPS) is 25.4. The van der Waals surface area contributed by atoms with Gasteiger partial charge in [-0.15, -0.1) is 11.8 Å². The van der Waals surface area contributed by atoms with Crippen LogP contribution in [0.4, 0.5) is 0 Å². The minimum atomic E-state index is -1.06. The van der Waals surface area contributed by atoms with Gasteiger partial charge in [0, 0.05) is 23.9 Å². The number of carboxylic acid groups (broad SMARTS) is 1. The smallest absolute Gasteiger partial charge is 0.353 e. The first kappa shape index (κ1) is 13.0. The molecule has 8 heteroatoms. The highest BCUT2D eigenvalue weighted by atomic mass is 32.2. The van der Waals surface area contributed by atoms with Gasteiger partial charge in [-0.25, -0.2) is 9.78 Å². The molecule has 108 valence electrons. The van der Waals surface area contributed by atoms with Crippen molar-refractivity contribution in [3.63, 3.8) is 0 Å². The van der Waals surface area contributed by atoms with Crippen LogP contribution < -0.4 is 0 Å². The number of thioether (sulfide) groups is 2. The van der Waals surface area contributed by atoms with E-state index in [9.17, 15) is 9.59 Å². The van der Waals surface area contributed by atoms with E-state index in [-0.39, 0.29) is 17.0 Å². The molecule has 0 saturated carbocycles. The molecule has 1 saturated heterocycles. The second-order valence-corrected chi connectivity index (χ2v) is 6.96. The number of imidazole rings is 1. The fourth-order valence-corrected chi connectivity index (χ4v) is 4.61. The van der Waals surface area contributed by atoms with E-state index in [1.807, 2.05) is 18.0 Å². The number of carbonyl (C=O) groups excluding carboxylic acids is 1. The molecule has 0 bridgehead atoms. The maximum absolute atomic E-state index is 12.1. The Bertz CT molecular complexity index is 699. The van der Waals surface area contributed by atoms with Gasteiger partial charge in [-0.05, 0) is 6.08 Å². The van der Waals surface area contributed by atoms with Crippen molar-refractivity contribution in [1.82, 2.24) is 14.5 Å². The van der Waals surface area contributed by atoms with Crippen molar-refractivity contribution >= 4 is 41.5 Å². The minimum absolute atomic E-state index is 0.0627. The SMILES string of the molecule is O=C(O)C1=CS[C@@H]2C(=Cc3cn4c(n3)CSCC4)C(=O)N12. The summed E-state index contributed by atoms with van der Waals surface area (Å²) >= 11 is 3.20. The average Bonchev–Trinajstić information content (AvgIpc) is 3.05. The topological polar surface area (TPSA) is 75.4 Å². The summed E-state index contributed by atoms with van der Waals surface area (Å²) in [4.78, 5) is 29.0. The Balaban J connectivity index is 1.60. The molecule has 3 aliphatic rings. The van der Waals surface area contributed by atoms with E-state index in [1.165, 1.54) is 22.1 Å². The summed E-state index contributed by atoms with van der Waals surface area (Å²) in [7, 11) is 0. The van der Waals surface area contributed by atoms with E-state index >= 15 is 0 Å². The lowest BCUT2D eigenvalue weighted by Gasteiger charge is -2.36. The molecular weight excluding hydrogens is 310 g/mol. The zero-order valence-corrected chi connectivity index (χ0v) is 12.5. The maximum Gasteiger partial charge on any atom is 0.353 e. The number of β-lactam (4-membered cyclic amide) rings is 1. The van der Waals surface area contributed by atoms with Gasteiger partial charge in [-0.3, -0.25) is 9.69 Å². The van der Waals surface area contributed by atoms with Crippen LogP contribution in [-0.4, -0.2) is 42.6 Å². The van der Waals surface area contributed by atoms with E-state index in [0.29, 0.717) is 5.57 Å². The molecular formula is C13H11N3O3S2. The maximum atomic E-state index is 12.1. The highest BCUT2D eigenvalue weighted by Crippen LogP contribution is 2.45. The second-order valence-electron chi connectivity index (χ2n) is 4.90. The van der Waals surface area contributed by atoms with Gasteiger partial charge in [0.25, 0.3) is 5.91 Å². The Hall–Kier alpha value is -1.67. The summed E-state index contributed by atoms with van der Waals surface area (Å²) < 4.78 is 2.12. The van der Waals surface area contributed by atoms with Gasteiger partial charge < -0.3 is 9.67 Å². The van der Waals surface area contributed by atoms with Gasteiger partial charge in [0.05, 0.1) is 17.0 Å². The molecule has 0 unspecified atom stereocenters. The third-order valence-corrected chi connectivity index (χ3v) is 5.66. The summed E-state index contributed by atoms with van der Waals surface area (Å²) in [6.07, 6.45) is 3.74. The van der Waals surface area contributed by atoms with Crippen LogP contribution in [0.3, 0.4) is 0 Å². The molecule has 1 aromatic heterocycles.